The number of hydrogen-bond acceptors (Lipinski definition) is 5. The number of nitrogens with one attached hydrogen (secondary N) is 1. The molecule has 19 heavy (non-hydrogen) atoms. The molecule has 6 nitrogen and oxygen atoms in total. The average molecular weight is 263 g/mol. The van der Waals surface area contributed by atoms with Crippen molar-refractivity contribution < 1.29 is 9.15 Å². The summed E-state index contributed by atoms with van der Waals surface area (Å²) in [6, 6.07) is 3.55. The topological polar surface area (TPSA) is 84.5 Å². The smallest absolute Gasteiger partial charge is 0.408 e. The number of oxazole rings is 1. The van der Waals surface area contributed by atoms with E-state index < -0.39 is 5.76 Å². The van der Waals surface area contributed by atoms with Gasteiger partial charge in [0.15, 0.2) is 5.58 Å². The number of morpholine rings is 1. The van der Waals surface area contributed by atoms with E-state index in [1.54, 1.807) is 6.07 Å². The van der Waals surface area contributed by atoms with Gasteiger partial charge >= 0.3 is 5.76 Å². The Morgan fingerprint density at radius 3 is 2.95 bits per heavy atom. The van der Waals surface area contributed by atoms with Crippen LogP contribution in [0.15, 0.2) is 21.3 Å². The van der Waals surface area contributed by atoms with Crippen molar-refractivity contribution in [3.8, 4) is 0 Å². The number of rotatable bonds is 1. The standard InChI is InChI=1S/C13H17N3O3/c1-13(2)7-18-4-3-16(13)10-6-9-11(5-8(10)14)19-12(17)15-9/h5-6H,3-4,7,14H2,1-2H3,(H,15,17). The minimum Gasteiger partial charge on any atom is -0.408 e. The first-order valence-corrected chi connectivity index (χ1v) is 6.25. The molecule has 1 saturated heterocycles. The molecule has 6 heteroatoms. The van der Waals surface area contributed by atoms with Crippen LogP contribution in [0.2, 0.25) is 0 Å². The van der Waals surface area contributed by atoms with Gasteiger partial charge < -0.3 is 19.8 Å². The Morgan fingerprint density at radius 1 is 1.42 bits per heavy atom. The van der Waals surface area contributed by atoms with Crippen molar-refractivity contribution in [2.45, 2.75) is 19.4 Å². The summed E-state index contributed by atoms with van der Waals surface area (Å²) in [5, 5.41) is 0. The Hall–Kier alpha value is -1.95. The highest BCUT2D eigenvalue weighted by atomic mass is 16.5. The van der Waals surface area contributed by atoms with Gasteiger partial charge in [0.05, 0.1) is 35.6 Å². The summed E-state index contributed by atoms with van der Waals surface area (Å²) in [5.41, 5.74) is 8.60. The number of benzene rings is 1. The zero-order chi connectivity index (χ0) is 13.6. The molecule has 0 unspecified atom stereocenters. The first-order valence-electron chi connectivity index (χ1n) is 6.25. The number of fused-ring (bicyclic) bond motifs is 1. The van der Waals surface area contributed by atoms with Crippen LogP contribution in [0.4, 0.5) is 11.4 Å². The molecule has 0 atom stereocenters. The van der Waals surface area contributed by atoms with Gasteiger partial charge in [0, 0.05) is 12.6 Å². The Kier molecular flexibility index (Phi) is 2.56. The highest BCUT2D eigenvalue weighted by Gasteiger charge is 2.32. The number of H-pyrrole nitrogens is 1. The molecule has 1 aliphatic heterocycles. The van der Waals surface area contributed by atoms with E-state index in [9.17, 15) is 4.79 Å². The SMILES string of the molecule is CC1(C)COCCN1c1cc2[nH]c(=O)oc2cc1N. The van der Waals surface area contributed by atoms with Crippen LogP contribution in [0, 0.1) is 0 Å². The van der Waals surface area contributed by atoms with Crippen LogP contribution in [0.5, 0.6) is 0 Å². The summed E-state index contributed by atoms with van der Waals surface area (Å²) in [5.74, 6) is -0.465. The fourth-order valence-electron chi connectivity index (χ4n) is 2.54. The molecule has 102 valence electrons. The van der Waals surface area contributed by atoms with E-state index in [1.165, 1.54) is 0 Å². The van der Waals surface area contributed by atoms with Gasteiger partial charge in [-0.1, -0.05) is 0 Å². The van der Waals surface area contributed by atoms with Crippen LogP contribution in [-0.4, -0.2) is 30.3 Å². The highest BCUT2D eigenvalue weighted by molar-refractivity contribution is 5.86. The molecule has 0 saturated carbocycles. The largest absolute Gasteiger partial charge is 0.417 e. The zero-order valence-electron chi connectivity index (χ0n) is 11.0. The fourth-order valence-corrected chi connectivity index (χ4v) is 2.54. The van der Waals surface area contributed by atoms with Crippen molar-refractivity contribution >= 4 is 22.5 Å². The second kappa shape index (κ2) is 4.03. The number of nitrogen functional groups attached to an aromatic ring is 1. The Labute approximate surface area is 110 Å². The van der Waals surface area contributed by atoms with Gasteiger partial charge in [-0.2, -0.15) is 0 Å². The maximum Gasteiger partial charge on any atom is 0.417 e. The van der Waals surface area contributed by atoms with E-state index >= 15 is 0 Å². The lowest BCUT2D eigenvalue weighted by Crippen LogP contribution is -2.53. The molecule has 2 aromatic rings. The Balaban J connectivity index is 2.13. The molecule has 1 fully saturated rings. The van der Waals surface area contributed by atoms with Crippen molar-refractivity contribution in [3.63, 3.8) is 0 Å². The zero-order valence-corrected chi connectivity index (χ0v) is 11.0. The molecule has 0 spiro atoms. The molecule has 0 bridgehead atoms. The van der Waals surface area contributed by atoms with Crippen LogP contribution in [0.1, 0.15) is 13.8 Å². The summed E-state index contributed by atoms with van der Waals surface area (Å²) in [6.45, 7) is 6.29. The first kappa shape index (κ1) is 12.1. The van der Waals surface area contributed by atoms with Gasteiger partial charge in [-0.15, -0.1) is 0 Å². The predicted octanol–water partition coefficient (Wildman–Crippen LogP) is 1.32. The van der Waals surface area contributed by atoms with E-state index in [2.05, 4.69) is 23.7 Å². The second-order valence-corrected chi connectivity index (χ2v) is 5.44. The molecule has 0 aliphatic carbocycles. The van der Waals surface area contributed by atoms with Gasteiger partial charge in [-0.3, -0.25) is 4.98 Å². The molecule has 0 radical (unpaired) electrons. The second-order valence-electron chi connectivity index (χ2n) is 5.44. The summed E-state index contributed by atoms with van der Waals surface area (Å²) in [4.78, 5) is 16.1. The lowest BCUT2D eigenvalue weighted by molar-refractivity contribution is 0.0645. The monoisotopic (exact) mass is 263 g/mol. The minimum atomic E-state index is -0.465. The number of nitrogens with zero attached hydrogens (tertiary/aromatic N) is 1. The third-order valence-corrected chi connectivity index (χ3v) is 3.50. The van der Waals surface area contributed by atoms with Gasteiger partial charge in [0.25, 0.3) is 0 Å². The molecule has 1 aromatic heterocycles. The molecule has 3 rings (SSSR count). The summed E-state index contributed by atoms with van der Waals surface area (Å²) < 4.78 is 10.5. The van der Waals surface area contributed by atoms with Crippen molar-refractivity contribution in [3.05, 3.63) is 22.7 Å². The number of ether oxygens (including phenoxy) is 1. The van der Waals surface area contributed by atoms with E-state index in [1.807, 2.05) is 6.07 Å². The molecule has 1 aromatic carbocycles. The Bertz CT molecular complexity index is 671. The molecule has 2 heterocycles. The highest BCUT2D eigenvalue weighted by Crippen LogP contribution is 2.33. The number of anilines is 2. The number of aromatic amines is 1. The van der Waals surface area contributed by atoms with Crippen molar-refractivity contribution in [2.24, 2.45) is 0 Å². The predicted molar refractivity (Wildman–Crippen MR) is 73.5 cm³/mol. The van der Waals surface area contributed by atoms with Gasteiger partial charge in [0.1, 0.15) is 0 Å². The summed E-state index contributed by atoms with van der Waals surface area (Å²) in [7, 11) is 0. The number of nitrogens with two attached hydrogens (primary N) is 1. The van der Waals surface area contributed by atoms with Crippen molar-refractivity contribution in [1.82, 2.24) is 4.98 Å². The van der Waals surface area contributed by atoms with Crippen LogP contribution in [-0.2, 0) is 4.74 Å². The Morgan fingerprint density at radius 2 is 2.21 bits per heavy atom. The molecular weight excluding hydrogens is 246 g/mol. The van der Waals surface area contributed by atoms with Gasteiger partial charge in [0.2, 0.25) is 0 Å². The van der Waals surface area contributed by atoms with E-state index in [0.717, 1.165) is 12.2 Å². The van der Waals surface area contributed by atoms with Crippen molar-refractivity contribution in [2.75, 3.05) is 30.4 Å². The first-order chi connectivity index (χ1) is 8.97. The average Bonchev–Trinajstić information content (AvgIpc) is 2.67. The van der Waals surface area contributed by atoms with E-state index in [-0.39, 0.29) is 5.54 Å². The molecular formula is C13H17N3O3. The van der Waals surface area contributed by atoms with Crippen LogP contribution in [0.3, 0.4) is 0 Å². The third-order valence-electron chi connectivity index (χ3n) is 3.50. The third kappa shape index (κ3) is 1.98. The minimum absolute atomic E-state index is 0.135. The van der Waals surface area contributed by atoms with Gasteiger partial charge in [-0.05, 0) is 19.9 Å². The van der Waals surface area contributed by atoms with Crippen LogP contribution < -0.4 is 16.4 Å². The quantitative estimate of drug-likeness (QED) is 0.758. The molecule has 3 N–H and O–H groups in total. The van der Waals surface area contributed by atoms with E-state index in [4.69, 9.17) is 14.9 Å². The number of hydrogen-bond donors (Lipinski definition) is 2. The van der Waals surface area contributed by atoms with Crippen molar-refractivity contribution in [1.29, 1.82) is 0 Å². The molecule has 1 aliphatic rings. The normalized spacial score (nSPS) is 18.9. The van der Waals surface area contributed by atoms with Gasteiger partial charge in [-0.25, -0.2) is 4.79 Å². The maximum absolute atomic E-state index is 11.2. The summed E-state index contributed by atoms with van der Waals surface area (Å²) in [6.07, 6.45) is 0. The lowest BCUT2D eigenvalue weighted by Gasteiger charge is -2.44. The van der Waals surface area contributed by atoms with E-state index in [0.29, 0.717) is 30.0 Å². The van der Waals surface area contributed by atoms with Crippen LogP contribution in [0.25, 0.3) is 11.1 Å². The lowest BCUT2D eigenvalue weighted by atomic mass is 10.0. The molecule has 0 amide bonds. The maximum atomic E-state index is 11.2. The van der Waals surface area contributed by atoms with Crippen LogP contribution >= 0.6 is 0 Å². The number of aromatic nitrogens is 1. The fraction of sp³-hybridized carbons (Fsp3) is 0.462. The summed E-state index contributed by atoms with van der Waals surface area (Å²) >= 11 is 0.